The lowest BCUT2D eigenvalue weighted by Crippen LogP contribution is -2.17. The molecular formula is C26H18Cl2F3N3O5S2. The highest BCUT2D eigenvalue weighted by molar-refractivity contribution is 7.93. The number of carbonyl (C=O) groups excluding carboxylic acids is 1. The summed E-state index contributed by atoms with van der Waals surface area (Å²) < 4.78 is 94.9. The first kappa shape index (κ1) is 30.2. The summed E-state index contributed by atoms with van der Waals surface area (Å²) >= 11 is 11.7. The van der Waals surface area contributed by atoms with Crippen LogP contribution in [0.5, 0.6) is 0 Å². The lowest BCUT2D eigenvalue weighted by molar-refractivity contribution is -0.137. The van der Waals surface area contributed by atoms with E-state index in [0.717, 1.165) is 30.3 Å². The third kappa shape index (κ3) is 7.30. The number of para-hydroxylation sites is 1. The molecule has 4 aromatic carbocycles. The number of benzene rings is 4. The number of rotatable bonds is 8. The Hall–Kier alpha value is -3.78. The van der Waals surface area contributed by atoms with E-state index in [1.807, 2.05) is 0 Å². The van der Waals surface area contributed by atoms with E-state index in [9.17, 15) is 34.8 Å². The summed E-state index contributed by atoms with van der Waals surface area (Å²) in [5.41, 5.74) is -1.16. The number of hydrogen-bond donors (Lipinski definition) is 3. The molecule has 0 saturated carbocycles. The first-order valence-electron chi connectivity index (χ1n) is 11.3. The summed E-state index contributed by atoms with van der Waals surface area (Å²) in [4.78, 5) is 12.2. The van der Waals surface area contributed by atoms with Crippen molar-refractivity contribution in [1.29, 1.82) is 0 Å². The van der Waals surface area contributed by atoms with Crippen LogP contribution in [0.1, 0.15) is 15.9 Å². The van der Waals surface area contributed by atoms with Gasteiger partial charge in [0, 0.05) is 22.6 Å². The van der Waals surface area contributed by atoms with E-state index in [1.54, 1.807) is 18.2 Å². The van der Waals surface area contributed by atoms with E-state index in [0.29, 0.717) is 11.8 Å². The molecule has 0 bridgehead atoms. The van der Waals surface area contributed by atoms with Gasteiger partial charge in [-0.2, -0.15) is 13.2 Å². The number of sulfonamides is 2. The van der Waals surface area contributed by atoms with Gasteiger partial charge in [0.15, 0.2) is 0 Å². The Bertz CT molecular complexity index is 1820. The second-order valence-corrected chi connectivity index (χ2v) is 12.5. The topological polar surface area (TPSA) is 121 Å². The fourth-order valence-electron chi connectivity index (χ4n) is 3.51. The van der Waals surface area contributed by atoms with Gasteiger partial charge in [0.05, 0.1) is 20.5 Å². The van der Waals surface area contributed by atoms with Gasteiger partial charge < -0.3 is 5.32 Å². The Morgan fingerprint density at radius 2 is 1.24 bits per heavy atom. The van der Waals surface area contributed by atoms with Crippen LogP contribution in [0.4, 0.5) is 30.2 Å². The van der Waals surface area contributed by atoms with Crippen molar-refractivity contribution in [2.45, 2.75) is 16.0 Å². The average Bonchev–Trinajstić information content (AvgIpc) is 2.90. The van der Waals surface area contributed by atoms with Crippen LogP contribution >= 0.6 is 23.2 Å². The first-order valence-corrected chi connectivity index (χ1v) is 15.1. The standard InChI is InChI=1S/C26H18Cl2F3N3O5S2/c27-22-13-9-19(15-21(22)26(29,30)31)34-40(36,37)20-10-7-17(8-11-20)32-25(35)16-6-12-23(28)24(14-16)41(38,39)33-18-4-2-1-3-5-18/h1-15,33-34H,(H,32,35). The largest absolute Gasteiger partial charge is 0.417 e. The molecule has 0 aromatic heterocycles. The van der Waals surface area contributed by atoms with Gasteiger partial charge in [0.2, 0.25) is 0 Å². The number of nitrogens with one attached hydrogen (secondary N) is 3. The molecule has 0 heterocycles. The minimum Gasteiger partial charge on any atom is -0.322 e. The van der Waals surface area contributed by atoms with E-state index in [1.165, 1.54) is 36.4 Å². The molecule has 0 aliphatic carbocycles. The number of amides is 1. The van der Waals surface area contributed by atoms with Crippen LogP contribution < -0.4 is 14.8 Å². The van der Waals surface area contributed by atoms with Crippen molar-refractivity contribution >= 4 is 66.2 Å². The molecule has 41 heavy (non-hydrogen) atoms. The average molecular weight is 644 g/mol. The zero-order valence-electron chi connectivity index (χ0n) is 20.4. The van der Waals surface area contributed by atoms with Gasteiger partial charge in [-0.25, -0.2) is 16.8 Å². The molecule has 0 saturated heterocycles. The lowest BCUT2D eigenvalue weighted by Gasteiger charge is -2.13. The summed E-state index contributed by atoms with van der Waals surface area (Å²) in [5.74, 6) is -0.715. The van der Waals surface area contributed by atoms with E-state index >= 15 is 0 Å². The number of carbonyl (C=O) groups is 1. The third-order valence-corrected chi connectivity index (χ3v) is 9.05. The molecule has 1 amide bonds. The van der Waals surface area contributed by atoms with Crippen LogP contribution in [0.25, 0.3) is 0 Å². The number of hydrogen-bond acceptors (Lipinski definition) is 5. The van der Waals surface area contributed by atoms with Crippen LogP contribution in [-0.2, 0) is 26.2 Å². The fraction of sp³-hybridized carbons (Fsp3) is 0.0385. The highest BCUT2D eigenvalue weighted by Gasteiger charge is 2.33. The normalized spacial score (nSPS) is 12.0. The van der Waals surface area contributed by atoms with Crippen LogP contribution in [0.3, 0.4) is 0 Å². The van der Waals surface area contributed by atoms with Crippen molar-refractivity contribution < 1.29 is 34.8 Å². The molecule has 0 atom stereocenters. The van der Waals surface area contributed by atoms with Crippen molar-refractivity contribution in [3.05, 3.63) is 112 Å². The number of anilines is 3. The Morgan fingerprint density at radius 3 is 1.88 bits per heavy atom. The summed E-state index contributed by atoms with van der Waals surface area (Å²) in [7, 11) is -8.44. The number of alkyl halides is 3. The monoisotopic (exact) mass is 643 g/mol. The van der Waals surface area contributed by atoms with Crippen LogP contribution in [0.2, 0.25) is 10.0 Å². The minimum absolute atomic E-state index is 0.0515. The summed E-state index contributed by atoms with van der Waals surface area (Å²) in [6, 6.07) is 19.0. The molecule has 0 aliphatic rings. The van der Waals surface area contributed by atoms with Crippen molar-refractivity contribution in [1.82, 2.24) is 0 Å². The van der Waals surface area contributed by atoms with E-state index < -0.39 is 42.7 Å². The van der Waals surface area contributed by atoms with Crippen LogP contribution in [-0.4, -0.2) is 22.7 Å². The minimum atomic E-state index is -4.79. The van der Waals surface area contributed by atoms with Crippen LogP contribution in [0.15, 0.2) is 101 Å². The van der Waals surface area contributed by atoms with Crippen molar-refractivity contribution in [3.8, 4) is 0 Å². The van der Waals surface area contributed by atoms with E-state index in [4.69, 9.17) is 23.2 Å². The Kier molecular flexibility index (Phi) is 8.54. The van der Waals surface area contributed by atoms with Crippen LogP contribution in [0, 0.1) is 0 Å². The van der Waals surface area contributed by atoms with Gasteiger partial charge >= 0.3 is 6.18 Å². The molecule has 0 radical (unpaired) electrons. The van der Waals surface area contributed by atoms with Crippen molar-refractivity contribution in [2.75, 3.05) is 14.8 Å². The van der Waals surface area contributed by atoms with Gasteiger partial charge in [-0.05, 0) is 72.8 Å². The maximum absolute atomic E-state index is 13.1. The summed E-state index contributed by atoms with van der Waals surface area (Å²) in [5, 5.41) is 1.81. The molecular weight excluding hydrogens is 626 g/mol. The molecule has 15 heteroatoms. The molecule has 0 spiro atoms. The summed E-state index contributed by atoms with van der Waals surface area (Å²) in [6.07, 6.45) is -4.79. The van der Waals surface area contributed by atoms with Gasteiger partial charge in [0.25, 0.3) is 26.0 Å². The van der Waals surface area contributed by atoms with Gasteiger partial charge in [0.1, 0.15) is 4.90 Å². The lowest BCUT2D eigenvalue weighted by atomic mass is 10.2. The predicted molar refractivity (Wildman–Crippen MR) is 150 cm³/mol. The Morgan fingerprint density at radius 1 is 0.659 bits per heavy atom. The highest BCUT2D eigenvalue weighted by Crippen LogP contribution is 2.36. The Labute approximate surface area is 243 Å². The molecule has 0 aliphatic heterocycles. The molecule has 3 N–H and O–H groups in total. The van der Waals surface area contributed by atoms with Crippen molar-refractivity contribution in [2.24, 2.45) is 0 Å². The quantitative estimate of drug-likeness (QED) is 0.193. The SMILES string of the molecule is O=C(Nc1ccc(S(=O)(=O)Nc2ccc(Cl)c(C(F)(F)F)c2)cc1)c1ccc(Cl)c(S(=O)(=O)Nc2ccccc2)c1. The molecule has 4 rings (SSSR count). The van der Waals surface area contributed by atoms with Gasteiger partial charge in [-0.1, -0.05) is 41.4 Å². The molecule has 8 nitrogen and oxygen atoms in total. The predicted octanol–water partition coefficient (Wildman–Crippen LogP) is 6.87. The van der Waals surface area contributed by atoms with E-state index in [2.05, 4.69) is 14.8 Å². The summed E-state index contributed by atoms with van der Waals surface area (Å²) in [6.45, 7) is 0. The first-order chi connectivity index (χ1) is 19.2. The second-order valence-electron chi connectivity index (χ2n) is 8.39. The zero-order valence-corrected chi connectivity index (χ0v) is 23.6. The maximum Gasteiger partial charge on any atom is 0.417 e. The highest BCUT2D eigenvalue weighted by atomic mass is 35.5. The zero-order chi connectivity index (χ0) is 30.0. The number of halogens is 5. The molecule has 0 unspecified atom stereocenters. The van der Waals surface area contributed by atoms with Crippen molar-refractivity contribution in [3.63, 3.8) is 0 Å². The molecule has 4 aromatic rings. The van der Waals surface area contributed by atoms with Gasteiger partial charge in [-0.3, -0.25) is 14.2 Å². The van der Waals surface area contributed by atoms with E-state index in [-0.39, 0.29) is 31.8 Å². The fourth-order valence-corrected chi connectivity index (χ4v) is 6.37. The maximum atomic E-state index is 13.1. The smallest absolute Gasteiger partial charge is 0.322 e. The second kappa shape index (κ2) is 11.6. The third-order valence-electron chi connectivity index (χ3n) is 5.46. The molecule has 214 valence electrons. The Balaban J connectivity index is 1.49. The van der Waals surface area contributed by atoms with Gasteiger partial charge in [-0.15, -0.1) is 0 Å². The molecule has 0 fully saturated rings.